The lowest BCUT2D eigenvalue weighted by Crippen LogP contribution is -2.40. The van der Waals surface area contributed by atoms with Crippen molar-refractivity contribution in [2.75, 3.05) is 6.54 Å². The Morgan fingerprint density at radius 3 is 2.62 bits per heavy atom. The first-order valence-electron chi connectivity index (χ1n) is 8.63. The van der Waals surface area contributed by atoms with Gasteiger partial charge in [0.2, 0.25) is 0 Å². The molecule has 1 aromatic heterocycles. The highest BCUT2D eigenvalue weighted by Gasteiger charge is 2.34. The van der Waals surface area contributed by atoms with Crippen LogP contribution >= 0.6 is 0 Å². The quantitative estimate of drug-likeness (QED) is 0.760. The number of aromatic amines is 1. The first-order chi connectivity index (χ1) is 12.5. The van der Waals surface area contributed by atoms with Crippen LogP contribution in [-0.4, -0.2) is 44.7 Å². The van der Waals surface area contributed by atoms with Crippen molar-refractivity contribution in [1.29, 1.82) is 0 Å². The molecule has 3 aromatic rings. The normalized spacial score (nSPS) is 17.0. The molecule has 132 valence electrons. The number of benzene rings is 2. The number of carboxylic acid groups (broad SMARTS) is 1. The number of likely N-dealkylation sites (tertiary alicyclic amines) is 1. The molecule has 1 unspecified atom stereocenters. The molecular weight excluding hydrogens is 330 g/mol. The second kappa shape index (κ2) is 6.29. The fourth-order valence-electron chi connectivity index (χ4n) is 3.56. The molecule has 0 radical (unpaired) electrons. The second-order valence-electron chi connectivity index (χ2n) is 6.65. The Hall–Kier alpha value is -3.15. The molecule has 4 rings (SSSR count). The van der Waals surface area contributed by atoms with Gasteiger partial charge in [0.05, 0.1) is 5.52 Å². The monoisotopic (exact) mass is 349 g/mol. The number of H-pyrrole nitrogens is 1. The number of nitrogens with one attached hydrogen (secondary N) is 1. The predicted molar refractivity (Wildman–Crippen MR) is 98.0 cm³/mol. The molecule has 1 fully saturated rings. The molecule has 1 saturated heterocycles. The number of fused-ring (bicyclic) bond motifs is 1. The highest BCUT2D eigenvalue weighted by atomic mass is 16.4. The number of carbonyl (C=O) groups is 2. The van der Waals surface area contributed by atoms with Crippen LogP contribution in [0.5, 0.6) is 0 Å². The zero-order chi connectivity index (χ0) is 18.3. The molecule has 0 saturated carbocycles. The largest absolute Gasteiger partial charge is 0.480 e. The Labute approximate surface area is 150 Å². The molecule has 1 atom stereocenters. The number of amides is 1. The van der Waals surface area contributed by atoms with Crippen LogP contribution in [0, 0.1) is 6.92 Å². The number of rotatable bonds is 3. The SMILES string of the molecule is Cc1[nH]nc2ccc(-c3ccc(C(=O)N4CCCC4C(=O)O)cc3)cc12. The minimum atomic E-state index is -0.934. The molecule has 26 heavy (non-hydrogen) atoms. The Morgan fingerprint density at radius 2 is 1.88 bits per heavy atom. The van der Waals surface area contributed by atoms with E-state index >= 15 is 0 Å². The molecule has 1 aliphatic heterocycles. The van der Waals surface area contributed by atoms with Crippen molar-refractivity contribution in [1.82, 2.24) is 15.1 Å². The van der Waals surface area contributed by atoms with Gasteiger partial charge >= 0.3 is 5.97 Å². The Kier molecular flexibility index (Phi) is 3.95. The van der Waals surface area contributed by atoms with Gasteiger partial charge in [-0.05, 0) is 55.2 Å². The van der Waals surface area contributed by atoms with Gasteiger partial charge in [0.25, 0.3) is 5.91 Å². The maximum Gasteiger partial charge on any atom is 0.326 e. The number of nitrogens with zero attached hydrogens (tertiary/aromatic N) is 2. The Bertz CT molecular complexity index is 991. The minimum absolute atomic E-state index is 0.220. The first-order valence-corrected chi connectivity index (χ1v) is 8.63. The van der Waals surface area contributed by atoms with Gasteiger partial charge < -0.3 is 10.0 Å². The maximum absolute atomic E-state index is 12.6. The zero-order valence-electron chi connectivity index (χ0n) is 14.4. The van der Waals surface area contributed by atoms with Crippen LogP contribution in [0.2, 0.25) is 0 Å². The van der Waals surface area contributed by atoms with Crippen LogP contribution < -0.4 is 0 Å². The van der Waals surface area contributed by atoms with E-state index in [2.05, 4.69) is 16.3 Å². The van der Waals surface area contributed by atoms with Gasteiger partial charge in [0.1, 0.15) is 6.04 Å². The number of aliphatic carboxylic acids is 1. The van der Waals surface area contributed by atoms with Gasteiger partial charge in [0.15, 0.2) is 0 Å². The van der Waals surface area contributed by atoms with Crippen molar-refractivity contribution in [2.24, 2.45) is 0 Å². The van der Waals surface area contributed by atoms with E-state index in [1.54, 1.807) is 12.1 Å². The standard InChI is InChI=1S/C20H19N3O3/c1-12-16-11-15(8-9-17(16)22-21-12)13-4-6-14(7-5-13)19(24)23-10-2-3-18(23)20(25)26/h4-9,11,18H,2-3,10H2,1H3,(H,21,22)(H,25,26). The van der Waals surface area contributed by atoms with E-state index in [0.717, 1.165) is 34.1 Å². The third-order valence-electron chi connectivity index (χ3n) is 5.01. The van der Waals surface area contributed by atoms with Crippen LogP contribution in [0.1, 0.15) is 28.9 Å². The average Bonchev–Trinajstić information content (AvgIpc) is 3.28. The molecule has 0 aliphatic carbocycles. The third kappa shape index (κ3) is 2.73. The third-order valence-corrected chi connectivity index (χ3v) is 5.01. The second-order valence-corrected chi connectivity index (χ2v) is 6.65. The topological polar surface area (TPSA) is 86.3 Å². The molecular formula is C20H19N3O3. The summed E-state index contributed by atoms with van der Waals surface area (Å²) in [5.74, 6) is -1.15. The fourth-order valence-corrected chi connectivity index (χ4v) is 3.56. The van der Waals surface area contributed by atoms with Crippen LogP contribution in [0.25, 0.3) is 22.0 Å². The predicted octanol–water partition coefficient (Wildman–Crippen LogP) is 3.23. The van der Waals surface area contributed by atoms with E-state index in [1.807, 2.05) is 31.2 Å². The van der Waals surface area contributed by atoms with Gasteiger partial charge in [-0.1, -0.05) is 18.2 Å². The number of carbonyl (C=O) groups excluding carboxylic acids is 1. The number of carboxylic acids is 1. The summed E-state index contributed by atoms with van der Waals surface area (Å²) in [5.41, 5.74) is 4.50. The molecule has 1 amide bonds. The van der Waals surface area contributed by atoms with E-state index < -0.39 is 12.0 Å². The summed E-state index contributed by atoms with van der Waals surface area (Å²) in [7, 11) is 0. The number of hydrogen-bond donors (Lipinski definition) is 2. The summed E-state index contributed by atoms with van der Waals surface area (Å²) in [6, 6.07) is 12.7. The van der Waals surface area contributed by atoms with Gasteiger partial charge in [-0.2, -0.15) is 5.10 Å². The average molecular weight is 349 g/mol. The van der Waals surface area contributed by atoms with Crippen molar-refractivity contribution in [3.8, 4) is 11.1 Å². The molecule has 0 bridgehead atoms. The summed E-state index contributed by atoms with van der Waals surface area (Å²) in [6.45, 7) is 2.48. The number of hydrogen-bond acceptors (Lipinski definition) is 3. The van der Waals surface area contributed by atoms with E-state index in [-0.39, 0.29) is 5.91 Å². The summed E-state index contributed by atoms with van der Waals surface area (Å²) in [5, 5.41) is 17.5. The molecule has 2 heterocycles. The molecule has 6 heteroatoms. The molecule has 6 nitrogen and oxygen atoms in total. The van der Waals surface area contributed by atoms with Crippen molar-refractivity contribution in [3.63, 3.8) is 0 Å². The lowest BCUT2D eigenvalue weighted by atomic mass is 10.0. The molecule has 2 aromatic carbocycles. The van der Waals surface area contributed by atoms with Crippen molar-refractivity contribution >= 4 is 22.8 Å². The van der Waals surface area contributed by atoms with Crippen LogP contribution in [0.15, 0.2) is 42.5 Å². The van der Waals surface area contributed by atoms with Gasteiger partial charge in [0, 0.05) is 23.2 Å². The van der Waals surface area contributed by atoms with E-state index in [4.69, 9.17) is 0 Å². The highest BCUT2D eigenvalue weighted by molar-refractivity contribution is 5.97. The Balaban J connectivity index is 1.60. The van der Waals surface area contributed by atoms with Gasteiger partial charge in [-0.15, -0.1) is 0 Å². The van der Waals surface area contributed by atoms with E-state index in [0.29, 0.717) is 18.5 Å². The smallest absolute Gasteiger partial charge is 0.326 e. The molecule has 2 N–H and O–H groups in total. The highest BCUT2D eigenvalue weighted by Crippen LogP contribution is 2.26. The van der Waals surface area contributed by atoms with Gasteiger partial charge in [-0.25, -0.2) is 4.79 Å². The van der Waals surface area contributed by atoms with E-state index in [1.165, 1.54) is 4.90 Å². The van der Waals surface area contributed by atoms with Crippen molar-refractivity contribution in [3.05, 3.63) is 53.7 Å². The summed E-state index contributed by atoms with van der Waals surface area (Å²) in [6.07, 6.45) is 1.24. The summed E-state index contributed by atoms with van der Waals surface area (Å²) < 4.78 is 0. The van der Waals surface area contributed by atoms with Gasteiger partial charge in [-0.3, -0.25) is 9.89 Å². The lowest BCUT2D eigenvalue weighted by molar-refractivity contribution is -0.141. The summed E-state index contributed by atoms with van der Waals surface area (Å²) in [4.78, 5) is 25.4. The summed E-state index contributed by atoms with van der Waals surface area (Å²) >= 11 is 0. The number of aryl methyl sites for hydroxylation is 1. The van der Waals surface area contributed by atoms with Crippen LogP contribution in [0.4, 0.5) is 0 Å². The zero-order valence-corrected chi connectivity index (χ0v) is 14.4. The van der Waals surface area contributed by atoms with Crippen molar-refractivity contribution in [2.45, 2.75) is 25.8 Å². The van der Waals surface area contributed by atoms with Crippen LogP contribution in [0.3, 0.4) is 0 Å². The number of aromatic nitrogens is 2. The fraction of sp³-hybridized carbons (Fsp3) is 0.250. The Morgan fingerprint density at radius 1 is 1.15 bits per heavy atom. The van der Waals surface area contributed by atoms with Crippen molar-refractivity contribution < 1.29 is 14.7 Å². The van der Waals surface area contributed by atoms with Crippen LogP contribution in [-0.2, 0) is 4.79 Å². The van der Waals surface area contributed by atoms with E-state index in [9.17, 15) is 14.7 Å². The molecule has 0 spiro atoms. The maximum atomic E-state index is 12.6. The lowest BCUT2D eigenvalue weighted by Gasteiger charge is -2.21. The minimum Gasteiger partial charge on any atom is -0.480 e. The first kappa shape index (κ1) is 16.3. The molecule has 1 aliphatic rings.